The van der Waals surface area contributed by atoms with Gasteiger partial charge in [-0.05, 0) is 50.4 Å². The summed E-state index contributed by atoms with van der Waals surface area (Å²) in [5.74, 6) is 0.507. The summed E-state index contributed by atoms with van der Waals surface area (Å²) in [6.45, 7) is 5.32. The highest BCUT2D eigenvalue weighted by atomic mass is 16.5. The van der Waals surface area contributed by atoms with E-state index < -0.39 is 0 Å². The number of ether oxygens (including phenoxy) is 1. The summed E-state index contributed by atoms with van der Waals surface area (Å²) in [6, 6.07) is 1.79. The van der Waals surface area contributed by atoms with Crippen LogP contribution in [0, 0.1) is 5.41 Å². The van der Waals surface area contributed by atoms with Crippen molar-refractivity contribution in [2.75, 3.05) is 33.3 Å². The maximum absolute atomic E-state index is 11.4. The molecule has 2 saturated heterocycles. The van der Waals surface area contributed by atoms with Crippen LogP contribution < -0.4 is 5.32 Å². The Balaban J connectivity index is 1.59. The zero-order chi connectivity index (χ0) is 14.0. The number of methoxy groups -OCH3 is 1. The van der Waals surface area contributed by atoms with Gasteiger partial charge in [-0.15, -0.1) is 0 Å². The molecule has 2 fully saturated rings. The second-order valence-corrected chi connectivity index (χ2v) is 6.00. The Bertz CT molecular complexity index is 477. The molecule has 5 nitrogen and oxygen atoms in total. The van der Waals surface area contributed by atoms with Crippen LogP contribution in [-0.4, -0.2) is 44.2 Å². The fourth-order valence-corrected chi connectivity index (χ4v) is 3.44. The number of furan rings is 1. The molecule has 0 aromatic carbocycles. The maximum Gasteiger partial charge on any atom is 0.341 e. The predicted molar refractivity (Wildman–Crippen MR) is 74.5 cm³/mol. The third kappa shape index (κ3) is 2.74. The van der Waals surface area contributed by atoms with Crippen LogP contribution in [0.3, 0.4) is 0 Å². The van der Waals surface area contributed by atoms with Gasteiger partial charge in [0.05, 0.1) is 19.2 Å². The first-order valence-corrected chi connectivity index (χ1v) is 7.30. The van der Waals surface area contributed by atoms with Crippen LogP contribution in [0.4, 0.5) is 0 Å². The molecule has 0 radical (unpaired) electrons. The van der Waals surface area contributed by atoms with Gasteiger partial charge in [0.15, 0.2) is 0 Å². The van der Waals surface area contributed by atoms with E-state index in [1.54, 1.807) is 6.07 Å². The summed E-state index contributed by atoms with van der Waals surface area (Å²) >= 11 is 0. The normalized spacial score (nSPS) is 22.2. The van der Waals surface area contributed by atoms with Gasteiger partial charge in [-0.3, -0.25) is 4.90 Å². The first-order chi connectivity index (χ1) is 9.71. The van der Waals surface area contributed by atoms with E-state index in [2.05, 4.69) is 10.2 Å². The van der Waals surface area contributed by atoms with E-state index >= 15 is 0 Å². The smallest absolute Gasteiger partial charge is 0.341 e. The van der Waals surface area contributed by atoms with E-state index in [9.17, 15) is 4.79 Å². The van der Waals surface area contributed by atoms with Crippen molar-refractivity contribution >= 4 is 5.97 Å². The molecular formula is C15H22N2O3. The fraction of sp³-hybridized carbons (Fsp3) is 0.667. The molecule has 1 aromatic heterocycles. The lowest BCUT2D eigenvalue weighted by Gasteiger charge is -2.33. The van der Waals surface area contributed by atoms with Crippen molar-refractivity contribution in [3.63, 3.8) is 0 Å². The van der Waals surface area contributed by atoms with Crippen LogP contribution >= 0.6 is 0 Å². The average molecular weight is 278 g/mol. The summed E-state index contributed by atoms with van der Waals surface area (Å²) in [5, 5.41) is 3.43. The Morgan fingerprint density at radius 2 is 2.25 bits per heavy atom. The molecule has 2 aliphatic heterocycles. The van der Waals surface area contributed by atoms with Crippen molar-refractivity contribution in [1.29, 1.82) is 0 Å². The Hall–Kier alpha value is -1.33. The molecule has 2 aliphatic rings. The quantitative estimate of drug-likeness (QED) is 0.852. The zero-order valence-corrected chi connectivity index (χ0v) is 12.0. The Morgan fingerprint density at radius 1 is 1.45 bits per heavy atom. The molecule has 1 spiro atoms. The second kappa shape index (κ2) is 5.58. The maximum atomic E-state index is 11.4. The second-order valence-electron chi connectivity index (χ2n) is 6.00. The van der Waals surface area contributed by atoms with Crippen molar-refractivity contribution in [2.24, 2.45) is 5.41 Å². The largest absolute Gasteiger partial charge is 0.467 e. The third-order valence-corrected chi connectivity index (χ3v) is 4.64. The molecule has 3 rings (SSSR count). The molecule has 0 aliphatic carbocycles. The molecule has 20 heavy (non-hydrogen) atoms. The number of nitrogens with one attached hydrogen (secondary N) is 1. The highest BCUT2D eigenvalue weighted by Gasteiger charge is 2.38. The van der Waals surface area contributed by atoms with Gasteiger partial charge < -0.3 is 14.5 Å². The van der Waals surface area contributed by atoms with Gasteiger partial charge in [0.1, 0.15) is 12.0 Å². The van der Waals surface area contributed by atoms with Gasteiger partial charge >= 0.3 is 5.97 Å². The van der Waals surface area contributed by atoms with Crippen molar-refractivity contribution in [3.8, 4) is 0 Å². The van der Waals surface area contributed by atoms with Crippen LogP contribution in [0.1, 0.15) is 35.4 Å². The van der Waals surface area contributed by atoms with E-state index in [1.165, 1.54) is 32.6 Å². The zero-order valence-electron chi connectivity index (χ0n) is 12.0. The summed E-state index contributed by atoms with van der Waals surface area (Å²) in [7, 11) is 1.39. The van der Waals surface area contributed by atoms with Crippen LogP contribution in [0.15, 0.2) is 16.7 Å². The minimum atomic E-state index is -0.337. The average Bonchev–Trinajstić information content (AvgIpc) is 3.07. The van der Waals surface area contributed by atoms with E-state index in [4.69, 9.17) is 9.15 Å². The molecule has 0 amide bonds. The lowest BCUT2D eigenvalue weighted by molar-refractivity contribution is 0.0600. The number of carbonyl (C=O) groups excluding carboxylic acids is 1. The van der Waals surface area contributed by atoms with E-state index in [1.807, 2.05) is 0 Å². The Labute approximate surface area is 119 Å². The molecule has 0 unspecified atom stereocenters. The Kier molecular flexibility index (Phi) is 3.81. The van der Waals surface area contributed by atoms with Crippen molar-refractivity contribution in [1.82, 2.24) is 10.2 Å². The minimum absolute atomic E-state index is 0.337. The molecule has 110 valence electrons. The lowest BCUT2D eigenvalue weighted by atomic mass is 9.78. The van der Waals surface area contributed by atoms with Crippen LogP contribution in [0.25, 0.3) is 0 Å². The predicted octanol–water partition coefficient (Wildman–Crippen LogP) is 1.64. The van der Waals surface area contributed by atoms with Gasteiger partial charge in [0.25, 0.3) is 0 Å². The molecule has 0 saturated carbocycles. The van der Waals surface area contributed by atoms with E-state index in [0.29, 0.717) is 11.0 Å². The highest BCUT2D eigenvalue weighted by Crippen LogP contribution is 2.39. The molecule has 0 bridgehead atoms. The number of hydrogen-bond donors (Lipinski definition) is 1. The fourth-order valence-electron chi connectivity index (χ4n) is 3.44. The first kappa shape index (κ1) is 13.6. The van der Waals surface area contributed by atoms with Crippen LogP contribution in [0.2, 0.25) is 0 Å². The SMILES string of the molecule is COC(=O)c1coc(CN2CCC3(CCNCC3)C2)c1. The highest BCUT2D eigenvalue weighted by molar-refractivity contribution is 5.88. The summed E-state index contributed by atoms with van der Waals surface area (Å²) in [5.41, 5.74) is 1.00. The Morgan fingerprint density at radius 3 is 3.00 bits per heavy atom. The molecule has 0 atom stereocenters. The lowest BCUT2D eigenvalue weighted by Crippen LogP contribution is -2.38. The van der Waals surface area contributed by atoms with Gasteiger partial charge in [0, 0.05) is 6.54 Å². The number of hydrogen-bond acceptors (Lipinski definition) is 5. The molecule has 3 heterocycles. The van der Waals surface area contributed by atoms with E-state index in [-0.39, 0.29) is 5.97 Å². The topological polar surface area (TPSA) is 54.7 Å². The minimum Gasteiger partial charge on any atom is -0.467 e. The number of carbonyl (C=O) groups is 1. The van der Waals surface area contributed by atoms with Gasteiger partial charge in [-0.25, -0.2) is 4.79 Å². The molecule has 5 heteroatoms. The van der Waals surface area contributed by atoms with Crippen molar-refractivity contribution < 1.29 is 13.9 Å². The summed E-state index contributed by atoms with van der Waals surface area (Å²) in [4.78, 5) is 13.8. The monoisotopic (exact) mass is 278 g/mol. The number of likely N-dealkylation sites (tertiary alicyclic amines) is 1. The number of piperidine rings is 1. The van der Waals surface area contributed by atoms with Crippen LogP contribution in [0.5, 0.6) is 0 Å². The molecular weight excluding hydrogens is 256 g/mol. The standard InChI is InChI=1S/C15H22N2O3/c1-19-14(18)12-8-13(20-10-12)9-17-7-4-15(11-17)2-5-16-6-3-15/h8,10,16H,2-7,9,11H2,1H3. The molecule has 1 N–H and O–H groups in total. The number of esters is 1. The van der Waals surface area contributed by atoms with Gasteiger partial charge in [0.2, 0.25) is 0 Å². The van der Waals surface area contributed by atoms with Crippen LogP contribution in [-0.2, 0) is 11.3 Å². The van der Waals surface area contributed by atoms with Crippen molar-refractivity contribution in [2.45, 2.75) is 25.8 Å². The van der Waals surface area contributed by atoms with E-state index in [0.717, 1.165) is 38.5 Å². The van der Waals surface area contributed by atoms with Gasteiger partial charge in [-0.2, -0.15) is 0 Å². The summed E-state index contributed by atoms with van der Waals surface area (Å²) < 4.78 is 10.2. The summed E-state index contributed by atoms with van der Waals surface area (Å²) in [6.07, 6.45) is 5.31. The number of rotatable bonds is 3. The van der Waals surface area contributed by atoms with Gasteiger partial charge in [-0.1, -0.05) is 0 Å². The third-order valence-electron chi connectivity index (χ3n) is 4.64. The van der Waals surface area contributed by atoms with Crippen molar-refractivity contribution in [3.05, 3.63) is 23.7 Å². The molecule has 1 aromatic rings. The first-order valence-electron chi connectivity index (χ1n) is 7.30. The number of nitrogens with zero attached hydrogens (tertiary/aromatic N) is 1.